The van der Waals surface area contributed by atoms with E-state index < -0.39 is 0 Å². The Morgan fingerprint density at radius 1 is 1.33 bits per heavy atom. The fourth-order valence-corrected chi connectivity index (χ4v) is 1.01. The van der Waals surface area contributed by atoms with Gasteiger partial charge < -0.3 is 10.5 Å². The van der Waals surface area contributed by atoms with Crippen LogP contribution in [0.5, 0.6) is 0 Å². The first kappa shape index (κ1) is 11.7. The van der Waals surface area contributed by atoms with Gasteiger partial charge in [0.25, 0.3) is 0 Å². The fourth-order valence-electron chi connectivity index (χ4n) is 1.01. The lowest BCUT2D eigenvalue weighted by Gasteiger charge is -2.07. The first-order valence-electron chi connectivity index (χ1n) is 4.74. The highest BCUT2D eigenvalue weighted by atomic mass is 16.5. The van der Waals surface area contributed by atoms with Crippen molar-refractivity contribution in [1.82, 2.24) is 0 Å². The van der Waals surface area contributed by atoms with Crippen LogP contribution in [0.2, 0.25) is 0 Å². The maximum absolute atomic E-state index is 5.57. The van der Waals surface area contributed by atoms with E-state index in [1.54, 1.807) is 7.11 Å². The van der Waals surface area contributed by atoms with Crippen LogP contribution in [0.1, 0.15) is 39.0 Å². The second-order valence-corrected chi connectivity index (χ2v) is 2.94. The van der Waals surface area contributed by atoms with Crippen LogP contribution in [-0.2, 0) is 4.74 Å². The Hall–Kier alpha value is -0.340. The molecule has 0 unspecified atom stereocenters. The summed E-state index contributed by atoms with van der Waals surface area (Å²) in [6.45, 7) is 2.15. The van der Waals surface area contributed by atoms with E-state index in [4.69, 9.17) is 10.5 Å². The van der Waals surface area contributed by atoms with Crippen LogP contribution < -0.4 is 5.73 Å². The second-order valence-electron chi connectivity index (χ2n) is 2.94. The molecule has 0 aliphatic heterocycles. The molecule has 2 nitrogen and oxygen atoms in total. The van der Waals surface area contributed by atoms with E-state index >= 15 is 0 Å². The molecule has 1 atom stereocenters. The summed E-state index contributed by atoms with van der Waals surface area (Å²) in [4.78, 5) is 0. The molecular weight excluding hydrogens is 150 g/mol. The first-order valence-corrected chi connectivity index (χ1v) is 4.74. The van der Waals surface area contributed by atoms with Crippen LogP contribution in [0, 0.1) is 0 Å². The van der Waals surface area contributed by atoms with Gasteiger partial charge in [0.15, 0.2) is 0 Å². The van der Waals surface area contributed by atoms with Gasteiger partial charge in [-0.15, -0.1) is 0 Å². The molecule has 2 heteroatoms. The molecule has 0 rings (SSSR count). The van der Waals surface area contributed by atoms with Gasteiger partial charge in [0, 0.05) is 7.11 Å². The van der Waals surface area contributed by atoms with E-state index in [-0.39, 0.29) is 6.23 Å². The van der Waals surface area contributed by atoms with Crippen molar-refractivity contribution in [1.29, 1.82) is 0 Å². The molecule has 0 saturated heterocycles. The highest BCUT2D eigenvalue weighted by Gasteiger charge is 1.96. The molecule has 0 spiro atoms. The van der Waals surface area contributed by atoms with Crippen molar-refractivity contribution in [3.8, 4) is 0 Å². The molecule has 0 aliphatic rings. The van der Waals surface area contributed by atoms with Crippen LogP contribution in [-0.4, -0.2) is 13.3 Å². The minimum atomic E-state index is -0.0693. The summed E-state index contributed by atoms with van der Waals surface area (Å²) in [6, 6.07) is 0. The molecular formula is C10H21NO. The topological polar surface area (TPSA) is 35.2 Å². The maximum atomic E-state index is 5.57. The van der Waals surface area contributed by atoms with Gasteiger partial charge in [-0.2, -0.15) is 0 Å². The van der Waals surface area contributed by atoms with Gasteiger partial charge in [-0.1, -0.05) is 19.1 Å². The van der Waals surface area contributed by atoms with Gasteiger partial charge in [-0.25, -0.2) is 0 Å². The Labute approximate surface area is 75.8 Å². The van der Waals surface area contributed by atoms with Gasteiger partial charge >= 0.3 is 0 Å². The summed E-state index contributed by atoms with van der Waals surface area (Å²) in [5.41, 5.74) is 5.57. The summed E-state index contributed by atoms with van der Waals surface area (Å²) in [7, 11) is 1.65. The number of allylic oxidation sites excluding steroid dienone is 2. The summed E-state index contributed by atoms with van der Waals surface area (Å²) in [5, 5.41) is 0. The van der Waals surface area contributed by atoms with Crippen LogP contribution >= 0.6 is 0 Å². The number of ether oxygens (including phenoxy) is 1. The van der Waals surface area contributed by atoms with Gasteiger partial charge in [0.05, 0.1) is 0 Å². The lowest BCUT2D eigenvalue weighted by atomic mass is 10.1. The quantitative estimate of drug-likeness (QED) is 0.363. The molecule has 0 radical (unpaired) electrons. The predicted molar refractivity (Wildman–Crippen MR) is 52.9 cm³/mol. The zero-order chi connectivity index (χ0) is 9.23. The van der Waals surface area contributed by atoms with Gasteiger partial charge in [-0.05, 0) is 32.1 Å². The molecule has 2 N–H and O–H groups in total. The Balaban J connectivity index is 3.05. The SMILES string of the molecule is CC/C=C/CCCC[C@@H](N)OC. The molecule has 0 saturated carbocycles. The minimum Gasteiger partial charge on any atom is -0.367 e. The zero-order valence-electron chi connectivity index (χ0n) is 8.25. The molecule has 0 aromatic carbocycles. The zero-order valence-corrected chi connectivity index (χ0v) is 8.25. The Morgan fingerprint density at radius 3 is 2.67 bits per heavy atom. The molecule has 0 aliphatic carbocycles. The van der Waals surface area contributed by atoms with Gasteiger partial charge in [0.1, 0.15) is 6.23 Å². The van der Waals surface area contributed by atoms with Gasteiger partial charge in [0.2, 0.25) is 0 Å². The average molecular weight is 171 g/mol. The van der Waals surface area contributed by atoms with Gasteiger partial charge in [-0.3, -0.25) is 0 Å². The standard InChI is InChI=1S/C10H21NO/c1-3-4-5-6-7-8-9-10(11)12-2/h4-5,10H,3,6-9,11H2,1-2H3/b5-4+/t10-/m0/s1. The normalized spacial score (nSPS) is 13.9. The van der Waals surface area contributed by atoms with Crippen molar-refractivity contribution in [3.63, 3.8) is 0 Å². The van der Waals surface area contributed by atoms with Crippen LogP contribution in [0.4, 0.5) is 0 Å². The summed E-state index contributed by atoms with van der Waals surface area (Å²) in [6.07, 6.45) is 10.0. The van der Waals surface area contributed by atoms with E-state index in [1.165, 1.54) is 12.8 Å². The second kappa shape index (κ2) is 8.75. The highest BCUT2D eigenvalue weighted by Crippen LogP contribution is 2.03. The van der Waals surface area contributed by atoms with Crippen molar-refractivity contribution in [2.75, 3.05) is 7.11 Å². The summed E-state index contributed by atoms with van der Waals surface area (Å²) < 4.78 is 4.94. The summed E-state index contributed by atoms with van der Waals surface area (Å²) >= 11 is 0. The third kappa shape index (κ3) is 7.76. The molecule has 0 aromatic rings. The number of unbranched alkanes of at least 4 members (excludes halogenated alkanes) is 2. The Morgan fingerprint density at radius 2 is 2.08 bits per heavy atom. The van der Waals surface area contributed by atoms with Crippen LogP contribution in [0.3, 0.4) is 0 Å². The fraction of sp³-hybridized carbons (Fsp3) is 0.800. The molecule has 0 bridgehead atoms. The predicted octanol–water partition coefficient (Wildman–Crippen LogP) is 2.44. The van der Waals surface area contributed by atoms with E-state index in [0.717, 1.165) is 19.3 Å². The molecule has 0 heterocycles. The maximum Gasteiger partial charge on any atom is 0.105 e. The molecule has 12 heavy (non-hydrogen) atoms. The number of nitrogens with two attached hydrogens (primary N) is 1. The van der Waals surface area contributed by atoms with Crippen molar-refractivity contribution in [2.24, 2.45) is 5.73 Å². The highest BCUT2D eigenvalue weighted by molar-refractivity contribution is 4.79. The lowest BCUT2D eigenvalue weighted by Crippen LogP contribution is -2.21. The van der Waals surface area contributed by atoms with Crippen molar-refractivity contribution < 1.29 is 4.74 Å². The lowest BCUT2D eigenvalue weighted by molar-refractivity contribution is 0.0986. The van der Waals surface area contributed by atoms with E-state index in [1.807, 2.05) is 0 Å². The number of rotatable bonds is 7. The van der Waals surface area contributed by atoms with Crippen LogP contribution in [0.25, 0.3) is 0 Å². The van der Waals surface area contributed by atoms with Crippen molar-refractivity contribution in [2.45, 2.75) is 45.3 Å². The molecule has 0 aromatic heterocycles. The largest absolute Gasteiger partial charge is 0.367 e. The van der Waals surface area contributed by atoms with E-state index in [0.29, 0.717) is 0 Å². The first-order chi connectivity index (χ1) is 5.81. The molecule has 0 fully saturated rings. The summed E-state index contributed by atoms with van der Waals surface area (Å²) in [5.74, 6) is 0. The third-order valence-corrected chi connectivity index (χ3v) is 1.81. The number of hydrogen-bond donors (Lipinski definition) is 1. The number of hydrogen-bond acceptors (Lipinski definition) is 2. The van der Waals surface area contributed by atoms with E-state index in [9.17, 15) is 0 Å². The van der Waals surface area contributed by atoms with Crippen molar-refractivity contribution >= 4 is 0 Å². The monoisotopic (exact) mass is 171 g/mol. The minimum absolute atomic E-state index is 0.0693. The molecule has 72 valence electrons. The van der Waals surface area contributed by atoms with E-state index in [2.05, 4.69) is 19.1 Å². The smallest absolute Gasteiger partial charge is 0.105 e. The Kier molecular flexibility index (Phi) is 8.51. The molecule has 0 amide bonds. The third-order valence-electron chi connectivity index (χ3n) is 1.81. The van der Waals surface area contributed by atoms with Crippen molar-refractivity contribution in [3.05, 3.63) is 12.2 Å². The average Bonchev–Trinajstić information content (AvgIpc) is 2.10. The van der Waals surface area contributed by atoms with Crippen LogP contribution in [0.15, 0.2) is 12.2 Å². The number of methoxy groups -OCH3 is 1. The Bertz CT molecular complexity index is 112.